The van der Waals surface area contributed by atoms with Crippen LogP contribution >= 0.6 is 0 Å². The Morgan fingerprint density at radius 2 is 1.64 bits per heavy atom. The first-order chi connectivity index (χ1) is 21.3. The van der Waals surface area contributed by atoms with E-state index in [4.69, 9.17) is 30.7 Å². The average molecular weight is 596 g/mol. The number of nitrogen functional groups attached to an aromatic ring is 1. The van der Waals surface area contributed by atoms with Gasteiger partial charge in [0, 0.05) is 24.5 Å². The van der Waals surface area contributed by atoms with Gasteiger partial charge < -0.3 is 30.6 Å². The van der Waals surface area contributed by atoms with Crippen LogP contribution in [-0.2, 0) is 27.2 Å². The topological polar surface area (TPSA) is 143 Å². The van der Waals surface area contributed by atoms with Crippen LogP contribution in [0.5, 0.6) is 11.5 Å². The number of anilines is 2. The van der Waals surface area contributed by atoms with Gasteiger partial charge in [-0.05, 0) is 54.9 Å². The number of esters is 1. The highest BCUT2D eigenvalue weighted by Gasteiger charge is 2.46. The SMILES string of the molecule is COc1cc2nc(N3CCC(Cc4ccccc4)(C(=O)OC4CCc5ccccc5C4C(N)=O)CC3)nc(N)c2cc1OC. The summed E-state index contributed by atoms with van der Waals surface area (Å²) in [6.45, 7) is 1.04. The molecule has 0 saturated carbocycles. The number of piperidine rings is 1. The molecular formula is C34H37N5O5. The molecule has 6 rings (SSSR count). The minimum atomic E-state index is -0.796. The van der Waals surface area contributed by atoms with Gasteiger partial charge >= 0.3 is 5.97 Å². The molecule has 228 valence electrons. The minimum absolute atomic E-state index is 0.299. The van der Waals surface area contributed by atoms with Crippen molar-refractivity contribution >= 4 is 34.5 Å². The third-order valence-electron chi connectivity index (χ3n) is 9.07. The highest BCUT2D eigenvalue weighted by Crippen LogP contribution is 2.41. The van der Waals surface area contributed by atoms with E-state index in [1.807, 2.05) is 59.5 Å². The second-order valence-electron chi connectivity index (χ2n) is 11.6. The Kier molecular flexibility index (Phi) is 7.99. The van der Waals surface area contributed by atoms with Crippen LogP contribution in [-0.4, -0.2) is 55.3 Å². The zero-order valence-electron chi connectivity index (χ0n) is 25.0. The number of ether oxygens (including phenoxy) is 3. The molecule has 1 aliphatic carbocycles. The molecule has 1 fully saturated rings. The third kappa shape index (κ3) is 5.47. The second-order valence-corrected chi connectivity index (χ2v) is 11.6. The number of hydrogen-bond donors (Lipinski definition) is 2. The van der Waals surface area contributed by atoms with E-state index in [2.05, 4.69) is 4.98 Å². The van der Waals surface area contributed by atoms with Gasteiger partial charge in [0.25, 0.3) is 0 Å². The molecular weight excluding hydrogens is 558 g/mol. The number of carbonyl (C=O) groups excluding carboxylic acids is 2. The number of aryl methyl sites for hydroxylation is 1. The summed E-state index contributed by atoms with van der Waals surface area (Å²) in [5, 5.41) is 0.670. The van der Waals surface area contributed by atoms with Crippen molar-refractivity contribution in [2.75, 3.05) is 37.9 Å². The van der Waals surface area contributed by atoms with E-state index in [1.165, 1.54) is 0 Å². The Morgan fingerprint density at radius 1 is 0.955 bits per heavy atom. The Bertz CT molecular complexity index is 1690. The highest BCUT2D eigenvalue weighted by atomic mass is 16.5. The summed E-state index contributed by atoms with van der Waals surface area (Å²) in [6.07, 6.45) is 2.19. The smallest absolute Gasteiger partial charge is 0.312 e. The molecule has 10 heteroatoms. The fourth-order valence-corrected chi connectivity index (χ4v) is 6.64. The molecule has 44 heavy (non-hydrogen) atoms. The molecule has 1 aromatic heterocycles. The first-order valence-electron chi connectivity index (χ1n) is 14.9. The molecule has 10 nitrogen and oxygen atoms in total. The number of fused-ring (bicyclic) bond motifs is 2. The summed E-state index contributed by atoms with van der Waals surface area (Å²) < 4.78 is 17.1. The van der Waals surface area contributed by atoms with Gasteiger partial charge in [-0.25, -0.2) is 4.98 Å². The Morgan fingerprint density at radius 3 is 2.34 bits per heavy atom. The molecule has 1 amide bonds. The standard InChI is InChI=1S/C34H37N5O5/c1-42-27-18-24-25(19-28(27)43-2)37-33(38-30(24)35)39-16-14-34(15-17-39,20-21-8-4-3-5-9-21)32(41)44-26-13-12-22-10-6-7-11-23(22)29(26)31(36)40/h3-11,18-19,26,29H,12-17,20H2,1-2H3,(H2,36,40)(H2,35,37,38). The van der Waals surface area contributed by atoms with Crippen molar-refractivity contribution in [2.45, 2.75) is 44.1 Å². The van der Waals surface area contributed by atoms with Crippen molar-refractivity contribution in [3.63, 3.8) is 0 Å². The maximum Gasteiger partial charge on any atom is 0.312 e. The monoisotopic (exact) mass is 595 g/mol. The molecule has 2 unspecified atom stereocenters. The van der Waals surface area contributed by atoms with E-state index in [0.29, 0.717) is 72.9 Å². The largest absolute Gasteiger partial charge is 0.493 e. The summed E-state index contributed by atoms with van der Waals surface area (Å²) >= 11 is 0. The number of nitrogens with two attached hydrogens (primary N) is 2. The van der Waals surface area contributed by atoms with E-state index in [0.717, 1.165) is 23.1 Å². The molecule has 4 aromatic rings. The predicted molar refractivity (Wildman–Crippen MR) is 168 cm³/mol. The van der Waals surface area contributed by atoms with Crippen molar-refractivity contribution in [1.29, 1.82) is 0 Å². The Hall–Kier alpha value is -4.86. The lowest BCUT2D eigenvalue weighted by atomic mass is 9.73. The lowest BCUT2D eigenvalue weighted by Gasteiger charge is -2.42. The van der Waals surface area contributed by atoms with Crippen molar-refractivity contribution in [3.8, 4) is 11.5 Å². The predicted octanol–water partition coefficient (Wildman–Crippen LogP) is 4.19. The van der Waals surface area contributed by atoms with Crippen LogP contribution in [0, 0.1) is 5.41 Å². The minimum Gasteiger partial charge on any atom is -0.493 e. The number of amides is 1. The van der Waals surface area contributed by atoms with Crippen molar-refractivity contribution in [3.05, 3.63) is 83.4 Å². The number of rotatable bonds is 8. The number of benzene rings is 3. The molecule has 2 atom stereocenters. The molecule has 0 bridgehead atoms. The molecule has 4 N–H and O–H groups in total. The van der Waals surface area contributed by atoms with Crippen LogP contribution in [0.2, 0.25) is 0 Å². The maximum atomic E-state index is 14.2. The summed E-state index contributed by atoms with van der Waals surface area (Å²) in [7, 11) is 3.14. The van der Waals surface area contributed by atoms with E-state index in [1.54, 1.807) is 26.4 Å². The van der Waals surface area contributed by atoms with Crippen LogP contribution < -0.4 is 25.8 Å². The summed E-state index contributed by atoms with van der Waals surface area (Å²) in [5.41, 5.74) is 15.1. The molecule has 2 aliphatic rings. The van der Waals surface area contributed by atoms with Gasteiger partial charge in [0.05, 0.1) is 31.1 Å². The molecule has 3 aromatic carbocycles. The van der Waals surface area contributed by atoms with E-state index in [9.17, 15) is 9.59 Å². The van der Waals surface area contributed by atoms with E-state index < -0.39 is 23.3 Å². The molecule has 1 saturated heterocycles. The summed E-state index contributed by atoms with van der Waals surface area (Å²) in [5.74, 6) is 0.456. The van der Waals surface area contributed by atoms with Crippen LogP contribution in [0.25, 0.3) is 10.9 Å². The molecule has 1 aliphatic heterocycles. The molecule has 0 spiro atoms. The van der Waals surface area contributed by atoms with Crippen molar-refractivity contribution < 1.29 is 23.8 Å². The fraction of sp³-hybridized carbons (Fsp3) is 0.353. The first kappa shape index (κ1) is 29.2. The second kappa shape index (κ2) is 12.0. The fourth-order valence-electron chi connectivity index (χ4n) is 6.64. The molecule has 2 heterocycles. The summed E-state index contributed by atoms with van der Waals surface area (Å²) in [4.78, 5) is 38.3. The molecule has 0 radical (unpaired) electrons. The number of nitrogens with zero attached hydrogens (tertiary/aromatic N) is 3. The number of primary amides is 1. The number of aromatic nitrogens is 2. The lowest BCUT2D eigenvalue weighted by molar-refractivity contribution is -0.165. The lowest BCUT2D eigenvalue weighted by Crippen LogP contribution is -2.49. The quantitative estimate of drug-likeness (QED) is 0.287. The summed E-state index contributed by atoms with van der Waals surface area (Å²) in [6, 6.07) is 21.3. The Balaban J connectivity index is 1.27. The van der Waals surface area contributed by atoms with Gasteiger partial charge in [0.2, 0.25) is 11.9 Å². The zero-order valence-corrected chi connectivity index (χ0v) is 25.0. The number of methoxy groups -OCH3 is 2. The van der Waals surface area contributed by atoms with Gasteiger partial charge in [-0.15, -0.1) is 0 Å². The Labute approximate surface area is 256 Å². The van der Waals surface area contributed by atoms with Crippen molar-refractivity contribution in [1.82, 2.24) is 9.97 Å². The number of hydrogen-bond acceptors (Lipinski definition) is 9. The van der Waals surface area contributed by atoms with Crippen LogP contribution in [0.15, 0.2) is 66.7 Å². The van der Waals surface area contributed by atoms with Crippen molar-refractivity contribution in [2.24, 2.45) is 11.1 Å². The van der Waals surface area contributed by atoms with Crippen LogP contribution in [0.1, 0.15) is 41.9 Å². The zero-order chi connectivity index (χ0) is 30.8. The maximum absolute atomic E-state index is 14.2. The normalized spacial score (nSPS) is 19.2. The van der Waals surface area contributed by atoms with Gasteiger partial charge in [-0.3, -0.25) is 9.59 Å². The third-order valence-corrected chi connectivity index (χ3v) is 9.07. The van der Waals surface area contributed by atoms with E-state index >= 15 is 0 Å². The van der Waals surface area contributed by atoms with Gasteiger partial charge in [0.15, 0.2) is 11.5 Å². The van der Waals surface area contributed by atoms with Crippen LogP contribution in [0.3, 0.4) is 0 Å². The van der Waals surface area contributed by atoms with E-state index in [-0.39, 0.29) is 5.97 Å². The first-order valence-corrected chi connectivity index (χ1v) is 14.9. The van der Waals surface area contributed by atoms with Gasteiger partial charge in [0.1, 0.15) is 11.9 Å². The van der Waals surface area contributed by atoms with Crippen LogP contribution in [0.4, 0.5) is 11.8 Å². The van der Waals surface area contributed by atoms with Gasteiger partial charge in [-0.1, -0.05) is 54.6 Å². The van der Waals surface area contributed by atoms with Gasteiger partial charge in [-0.2, -0.15) is 4.98 Å². The number of carbonyl (C=O) groups is 2. The highest BCUT2D eigenvalue weighted by molar-refractivity contribution is 5.92. The average Bonchev–Trinajstić information content (AvgIpc) is 3.04.